The van der Waals surface area contributed by atoms with Crippen LogP contribution in [0.15, 0.2) is 47.4 Å². The van der Waals surface area contributed by atoms with Gasteiger partial charge in [-0.05, 0) is 36.4 Å². The van der Waals surface area contributed by atoms with Crippen molar-refractivity contribution in [2.24, 2.45) is 5.41 Å². The van der Waals surface area contributed by atoms with Crippen molar-refractivity contribution in [2.75, 3.05) is 10.0 Å². The van der Waals surface area contributed by atoms with Crippen LogP contribution in [-0.2, 0) is 14.8 Å². The number of carbonyl (C=O) groups excluding carboxylic acids is 1. The van der Waals surface area contributed by atoms with Gasteiger partial charge in [0, 0.05) is 22.9 Å². The number of ether oxygens (including phenoxy) is 1. The number of benzene rings is 2. The van der Waals surface area contributed by atoms with E-state index in [1.54, 1.807) is 20.8 Å². The molecule has 0 aliphatic carbocycles. The first-order valence-electron chi connectivity index (χ1n) is 8.17. The lowest BCUT2D eigenvalue weighted by molar-refractivity contribution is -0.274. The van der Waals surface area contributed by atoms with Gasteiger partial charge in [-0.2, -0.15) is 0 Å². The molecule has 0 saturated heterocycles. The van der Waals surface area contributed by atoms with Crippen LogP contribution in [0.3, 0.4) is 0 Å². The Morgan fingerprint density at radius 1 is 1.00 bits per heavy atom. The fourth-order valence-corrected chi connectivity index (χ4v) is 3.64. The molecule has 0 atom stereocenters. The number of hydrogen-bond donors (Lipinski definition) is 2. The van der Waals surface area contributed by atoms with E-state index in [-0.39, 0.29) is 11.6 Å². The highest BCUT2D eigenvalue weighted by Gasteiger charge is 2.31. The molecule has 0 aromatic heterocycles. The minimum absolute atomic E-state index is 0.172. The van der Waals surface area contributed by atoms with Crippen LogP contribution < -0.4 is 14.8 Å². The molecule has 0 spiro atoms. The number of carbonyl (C=O) groups is 1. The first-order valence-corrected chi connectivity index (χ1v) is 10.0. The lowest BCUT2D eigenvalue weighted by atomic mass is 9.95. The van der Waals surface area contributed by atoms with Gasteiger partial charge < -0.3 is 10.1 Å². The maximum absolute atomic E-state index is 12.5. The van der Waals surface area contributed by atoms with Crippen LogP contribution in [0.4, 0.5) is 24.5 Å². The van der Waals surface area contributed by atoms with Crippen LogP contribution in [0.5, 0.6) is 5.75 Å². The highest BCUT2D eigenvalue weighted by Crippen LogP contribution is 2.31. The molecule has 2 aromatic rings. The smallest absolute Gasteiger partial charge is 0.406 e. The number of amides is 1. The predicted octanol–water partition coefficient (Wildman–Crippen LogP) is 5.02. The average molecular weight is 451 g/mol. The Morgan fingerprint density at radius 3 is 2.03 bits per heavy atom. The van der Waals surface area contributed by atoms with E-state index in [9.17, 15) is 26.4 Å². The average Bonchev–Trinajstić information content (AvgIpc) is 2.53. The van der Waals surface area contributed by atoms with Gasteiger partial charge >= 0.3 is 6.36 Å². The van der Waals surface area contributed by atoms with Gasteiger partial charge in [-0.3, -0.25) is 9.52 Å². The van der Waals surface area contributed by atoms with E-state index in [1.165, 1.54) is 24.3 Å². The Labute approximate surface area is 171 Å². The van der Waals surface area contributed by atoms with Crippen molar-refractivity contribution >= 4 is 38.9 Å². The summed E-state index contributed by atoms with van der Waals surface area (Å²) in [7, 11) is -4.17. The monoisotopic (exact) mass is 450 g/mol. The molecular weight excluding hydrogens is 433 g/mol. The molecule has 0 heterocycles. The maximum Gasteiger partial charge on any atom is 0.573 e. The summed E-state index contributed by atoms with van der Waals surface area (Å²) in [5, 5.41) is 2.26. The van der Waals surface area contributed by atoms with Crippen LogP contribution in [0, 0.1) is 5.41 Å². The number of sulfonamides is 1. The quantitative estimate of drug-likeness (QED) is 0.669. The second kappa shape index (κ2) is 8.11. The molecule has 2 N–H and O–H groups in total. The third-order valence-electron chi connectivity index (χ3n) is 3.50. The van der Waals surface area contributed by atoms with E-state index in [0.29, 0.717) is 5.69 Å². The lowest BCUT2D eigenvalue weighted by Gasteiger charge is -2.18. The van der Waals surface area contributed by atoms with E-state index < -0.39 is 37.5 Å². The Hall–Kier alpha value is -2.46. The molecule has 2 aromatic carbocycles. The third-order valence-corrected chi connectivity index (χ3v) is 5.37. The number of nitrogens with one attached hydrogen (secondary N) is 2. The molecule has 0 aliphatic rings. The maximum atomic E-state index is 12.5. The Kier molecular flexibility index (Phi) is 6.39. The van der Waals surface area contributed by atoms with Gasteiger partial charge in [-0.15, -0.1) is 13.2 Å². The Morgan fingerprint density at radius 2 is 1.55 bits per heavy atom. The van der Waals surface area contributed by atoms with Crippen LogP contribution in [0.2, 0.25) is 5.02 Å². The van der Waals surface area contributed by atoms with Crippen LogP contribution in [0.1, 0.15) is 20.8 Å². The summed E-state index contributed by atoms with van der Waals surface area (Å²) in [5.74, 6) is -0.848. The highest BCUT2D eigenvalue weighted by atomic mass is 35.5. The van der Waals surface area contributed by atoms with Crippen LogP contribution >= 0.6 is 11.6 Å². The largest absolute Gasteiger partial charge is 0.573 e. The number of alkyl halides is 3. The molecule has 0 unspecified atom stereocenters. The minimum atomic E-state index is -4.92. The lowest BCUT2D eigenvalue weighted by Crippen LogP contribution is -2.27. The molecule has 0 fully saturated rings. The summed E-state index contributed by atoms with van der Waals surface area (Å²) in [6, 6.07) is 8.36. The fraction of sp³-hybridized carbons (Fsp3) is 0.278. The number of halogens is 4. The van der Waals surface area contributed by atoms with E-state index in [1.807, 2.05) is 0 Å². The van der Waals surface area contributed by atoms with Gasteiger partial charge in [0.25, 0.3) is 10.0 Å². The summed E-state index contributed by atoms with van der Waals surface area (Å²) in [6.45, 7) is 5.25. The molecule has 1 amide bonds. The first kappa shape index (κ1) is 22.8. The first-order chi connectivity index (χ1) is 13.2. The zero-order chi connectivity index (χ0) is 22.0. The summed E-state index contributed by atoms with van der Waals surface area (Å²) in [5.41, 5.74) is 0.0453. The highest BCUT2D eigenvalue weighted by molar-refractivity contribution is 7.92. The van der Waals surface area contributed by atoms with Crippen molar-refractivity contribution < 1.29 is 31.1 Å². The van der Waals surface area contributed by atoms with Crippen molar-refractivity contribution in [1.29, 1.82) is 0 Å². The number of rotatable bonds is 5. The Balaban J connectivity index is 2.16. The Bertz CT molecular complexity index is 1000. The van der Waals surface area contributed by atoms with Crippen molar-refractivity contribution in [1.82, 2.24) is 0 Å². The van der Waals surface area contributed by atoms with Crippen LogP contribution in [0.25, 0.3) is 0 Å². The summed E-state index contributed by atoms with van der Waals surface area (Å²) in [6.07, 6.45) is -4.92. The van der Waals surface area contributed by atoms with Crippen molar-refractivity contribution in [3.63, 3.8) is 0 Å². The molecule has 2 rings (SSSR count). The van der Waals surface area contributed by atoms with Crippen molar-refractivity contribution in [3.8, 4) is 5.75 Å². The molecular formula is C18H18ClF3N2O4S. The van der Waals surface area contributed by atoms with Gasteiger partial charge in [-0.25, -0.2) is 8.42 Å². The molecule has 158 valence electrons. The summed E-state index contributed by atoms with van der Waals surface area (Å²) < 4.78 is 67.7. The van der Waals surface area contributed by atoms with Gasteiger partial charge in [0.2, 0.25) is 5.91 Å². The molecule has 29 heavy (non-hydrogen) atoms. The zero-order valence-electron chi connectivity index (χ0n) is 15.6. The minimum Gasteiger partial charge on any atom is -0.406 e. The zero-order valence-corrected chi connectivity index (χ0v) is 17.2. The van der Waals surface area contributed by atoms with E-state index in [2.05, 4.69) is 14.8 Å². The SMILES string of the molecule is CC(C)(C)C(=O)Nc1ccc(NS(=O)(=O)c2ccc(OC(F)(F)F)cc2Cl)cc1. The topological polar surface area (TPSA) is 84.5 Å². The fourth-order valence-electron chi connectivity index (χ4n) is 2.05. The van der Waals surface area contributed by atoms with Crippen molar-refractivity contribution in [3.05, 3.63) is 47.5 Å². The van der Waals surface area contributed by atoms with E-state index in [0.717, 1.165) is 18.2 Å². The molecule has 0 radical (unpaired) electrons. The number of anilines is 2. The summed E-state index contributed by atoms with van der Waals surface area (Å²) >= 11 is 5.82. The second-order valence-corrected chi connectivity index (χ2v) is 9.09. The predicted molar refractivity (Wildman–Crippen MR) is 103 cm³/mol. The molecule has 11 heteroatoms. The van der Waals surface area contributed by atoms with E-state index in [4.69, 9.17) is 11.6 Å². The summed E-state index contributed by atoms with van der Waals surface area (Å²) in [4.78, 5) is 11.5. The van der Waals surface area contributed by atoms with Crippen LogP contribution in [-0.4, -0.2) is 20.7 Å². The molecule has 0 bridgehead atoms. The van der Waals surface area contributed by atoms with Gasteiger partial charge in [-0.1, -0.05) is 32.4 Å². The van der Waals surface area contributed by atoms with Gasteiger partial charge in [0.15, 0.2) is 0 Å². The van der Waals surface area contributed by atoms with E-state index >= 15 is 0 Å². The van der Waals surface area contributed by atoms with Gasteiger partial charge in [0.1, 0.15) is 10.6 Å². The second-order valence-electron chi connectivity index (χ2n) is 7.03. The number of hydrogen-bond acceptors (Lipinski definition) is 4. The molecule has 0 saturated carbocycles. The third kappa shape index (κ3) is 6.53. The van der Waals surface area contributed by atoms with Crippen molar-refractivity contribution in [2.45, 2.75) is 32.0 Å². The standard InChI is InChI=1S/C18H18ClF3N2O4S/c1-17(2,3)16(25)23-11-4-6-12(7-5-11)24-29(26,27)15-9-8-13(10-14(15)19)28-18(20,21)22/h4-10,24H,1-3H3,(H,23,25). The molecule has 0 aliphatic heterocycles. The normalized spacial score (nSPS) is 12.4. The molecule has 6 nitrogen and oxygen atoms in total. The van der Waals surface area contributed by atoms with Gasteiger partial charge in [0.05, 0.1) is 5.02 Å².